The SMILES string of the molecule is CCOC(=O)C(C#N)c1cc(F)cc(CC)c1[N+](=O)[O-].CCOC(=O)CC#N.CCc1cc(F)cc(F)c1.CCc1cc(F)cc(F)c1[N+](=O)[O-].O=[N+]([O-])O.[2HH].[2HH].[2H][2H].[2H][2H]. The van der Waals surface area contributed by atoms with Crippen LogP contribution in [0.5, 0.6) is 0 Å². The molecule has 0 amide bonds. The number of nitro benzene ring substituents is 2. The molecule has 306 valence electrons. The van der Waals surface area contributed by atoms with E-state index >= 15 is 0 Å². The molecule has 3 aromatic rings. The number of carbonyl (C=O) groups is 2. The number of aryl methyl sites for hydroxylation is 3. The van der Waals surface area contributed by atoms with Gasteiger partial charge in [-0.1, -0.05) is 20.8 Å². The number of ether oxygens (including phenoxy) is 2. The molecule has 55 heavy (non-hydrogen) atoms. The fourth-order valence-electron chi connectivity index (χ4n) is 4.05. The minimum Gasteiger partial charge on any atom is -0.465 e. The van der Waals surface area contributed by atoms with Gasteiger partial charge in [-0.05, 0) is 69.0 Å². The summed E-state index contributed by atoms with van der Waals surface area (Å²) in [7, 11) is 0. The second-order valence-corrected chi connectivity index (χ2v) is 9.94. The number of carbonyl (C=O) groups excluding carboxylic acids is 2. The number of nitro groups is 2. The predicted molar refractivity (Wildman–Crippen MR) is 190 cm³/mol. The number of hydrogen-bond acceptors (Lipinski definition) is 12. The van der Waals surface area contributed by atoms with E-state index in [0.29, 0.717) is 24.7 Å². The van der Waals surface area contributed by atoms with Gasteiger partial charge in [0.05, 0.1) is 40.8 Å². The Kier molecular flexibility index (Phi) is 22.6. The van der Waals surface area contributed by atoms with Crippen molar-refractivity contribution in [2.75, 3.05) is 13.2 Å². The van der Waals surface area contributed by atoms with Gasteiger partial charge in [0, 0.05) is 32.1 Å². The topological polar surface area (TPSA) is 250 Å². The Morgan fingerprint density at radius 3 is 1.56 bits per heavy atom. The van der Waals surface area contributed by atoms with E-state index in [1.165, 1.54) is 12.1 Å². The molecule has 0 spiro atoms. The first kappa shape index (κ1) is 46.3. The first-order valence-electron chi connectivity index (χ1n) is 17.7. The van der Waals surface area contributed by atoms with Crippen molar-refractivity contribution in [3.05, 3.63) is 124 Å². The van der Waals surface area contributed by atoms with Gasteiger partial charge in [0.25, 0.3) is 10.8 Å². The van der Waals surface area contributed by atoms with Gasteiger partial charge in [-0.25, -0.2) is 17.6 Å². The minimum absolute atomic E-state index is 0. The molecule has 0 aliphatic carbocycles. The van der Waals surface area contributed by atoms with Crippen LogP contribution in [0.15, 0.2) is 42.5 Å². The smallest absolute Gasteiger partial charge is 0.328 e. The Morgan fingerprint density at radius 2 is 1.18 bits per heavy atom. The fourth-order valence-corrected chi connectivity index (χ4v) is 4.05. The molecule has 0 aromatic heterocycles. The minimum atomic E-state index is -1.52. The Balaban J connectivity index is -0.000000161. The molecule has 1 atom stereocenters. The van der Waals surface area contributed by atoms with Gasteiger partial charge in [-0.3, -0.25) is 29.8 Å². The fraction of sp³-hybridized carbons (Fsp3) is 0.353. The average Bonchev–Trinajstić information content (AvgIpc) is 3.16. The van der Waals surface area contributed by atoms with Crippen molar-refractivity contribution < 1.29 is 69.9 Å². The zero-order valence-electron chi connectivity index (χ0n) is 34.0. The van der Waals surface area contributed by atoms with Crippen molar-refractivity contribution in [3.63, 3.8) is 0 Å². The second kappa shape index (κ2) is 26.9. The van der Waals surface area contributed by atoms with E-state index in [4.69, 9.17) is 36.5 Å². The maximum atomic E-state index is 13.5. The summed E-state index contributed by atoms with van der Waals surface area (Å²) in [6, 6.07) is 10.2. The number of rotatable bonds is 10. The van der Waals surface area contributed by atoms with Crippen molar-refractivity contribution in [2.45, 2.75) is 66.2 Å². The highest BCUT2D eigenvalue weighted by Crippen LogP contribution is 2.32. The van der Waals surface area contributed by atoms with E-state index in [0.717, 1.165) is 24.3 Å². The van der Waals surface area contributed by atoms with E-state index in [1.807, 2.05) is 6.92 Å². The van der Waals surface area contributed by atoms with Crippen LogP contribution in [-0.2, 0) is 38.3 Å². The molecule has 0 bridgehead atoms. The van der Waals surface area contributed by atoms with Crippen molar-refractivity contribution in [2.24, 2.45) is 0 Å². The largest absolute Gasteiger partial charge is 0.465 e. The van der Waals surface area contributed by atoms with Gasteiger partial charge in [-0.2, -0.15) is 14.9 Å². The zero-order chi connectivity index (χ0) is 46.8. The van der Waals surface area contributed by atoms with Crippen LogP contribution in [0, 0.1) is 82.1 Å². The Morgan fingerprint density at radius 1 is 0.745 bits per heavy atom. The van der Waals surface area contributed by atoms with Gasteiger partial charge < -0.3 is 14.7 Å². The molecule has 0 aliphatic rings. The quantitative estimate of drug-likeness (QED) is 0.0874. The lowest BCUT2D eigenvalue weighted by Crippen LogP contribution is -2.17. The number of halogens is 5. The maximum Gasteiger partial charge on any atom is 0.328 e. The highest BCUT2D eigenvalue weighted by molar-refractivity contribution is 5.83. The van der Waals surface area contributed by atoms with E-state index in [1.54, 1.807) is 39.8 Å². The van der Waals surface area contributed by atoms with Crippen LogP contribution in [0.1, 0.15) is 78.0 Å². The lowest BCUT2D eigenvalue weighted by atomic mass is 9.95. The van der Waals surface area contributed by atoms with Crippen LogP contribution in [0.25, 0.3) is 0 Å². The Bertz CT molecular complexity index is 1870. The molecule has 3 rings (SSSR count). The lowest BCUT2D eigenvalue weighted by molar-refractivity contribution is -0.742. The zero-order valence-corrected chi connectivity index (χ0v) is 30.0. The third kappa shape index (κ3) is 19.6. The van der Waals surface area contributed by atoms with Crippen LogP contribution in [0.3, 0.4) is 0 Å². The Hall–Kier alpha value is -6.77. The van der Waals surface area contributed by atoms with Crippen LogP contribution in [0.4, 0.5) is 33.3 Å². The number of esters is 2. The molecular weight excluding hydrogens is 749 g/mol. The molecule has 0 heterocycles. The molecule has 0 aliphatic heterocycles. The highest BCUT2D eigenvalue weighted by Gasteiger charge is 2.32. The lowest BCUT2D eigenvalue weighted by Gasteiger charge is -2.11. The van der Waals surface area contributed by atoms with Gasteiger partial charge in [0.15, 0.2) is 5.92 Å². The molecule has 0 saturated heterocycles. The van der Waals surface area contributed by atoms with Gasteiger partial charge in [-0.15, -0.1) is 10.1 Å². The monoisotopic (exact) mass is 799 g/mol. The number of benzene rings is 3. The molecule has 21 heteroatoms. The molecule has 0 fully saturated rings. The number of nitrogens with zero attached hydrogens (tertiary/aromatic N) is 5. The first-order valence-corrected chi connectivity index (χ1v) is 15.7. The van der Waals surface area contributed by atoms with Gasteiger partial charge >= 0.3 is 17.6 Å². The molecule has 1 unspecified atom stereocenters. The third-order valence-electron chi connectivity index (χ3n) is 6.24. The number of nitriles is 2. The van der Waals surface area contributed by atoms with E-state index in [2.05, 4.69) is 4.74 Å². The van der Waals surface area contributed by atoms with Crippen molar-refractivity contribution in [1.82, 2.24) is 0 Å². The molecule has 1 N–H and O–H groups in total. The number of hydrogen-bond donors (Lipinski definition) is 1. The average molecular weight is 800 g/mol. The summed E-state index contributed by atoms with van der Waals surface area (Å²) in [4.78, 5) is 50.2. The first-order chi connectivity index (χ1) is 27.8. The van der Waals surface area contributed by atoms with Gasteiger partial charge in [0.1, 0.15) is 29.7 Å². The summed E-state index contributed by atoms with van der Waals surface area (Å²) >= 11 is 0. The molecule has 16 nitrogen and oxygen atoms in total. The third-order valence-corrected chi connectivity index (χ3v) is 6.24. The Labute approximate surface area is 319 Å². The summed E-state index contributed by atoms with van der Waals surface area (Å²) in [5.74, 6) is -6.54. The van der Waals surface area contributed by atoms with Crippen molar-refractivity contribution >= 4 is 23.3 Å². The summed E-state index contributed by atoms with van der Waals surface area (Å²) in [6.07, 6.45) is 0.954. The van der Waals surface area contributed by atoms with Crippen LogP contribution < -0.4 is 0 Å². The van der Waals surface area contributed by atoms with E-state index < -0.39 is 73.3 Å². The predicted octanol–water partition coefficient (Wildman–Crippen LogP) is 8.53. The van der Waals surface area contributed by atoms with E-state index in [9.17, 15) is 51.8 Å². The summed E-state index contributed by atoms with van der Waals surface area (Å²) in [6.45, 7) is 8.70. The van der Waals surface area contributed by atoms with Crippen LogP contribution >= 0.6 is 0 Å². The molecular formula is C34H44F5N5O11. The summed E-state index contributed by atoms with van der Waals surface area (Å²) in [5.41, 5.74) is -0.417. The van der Waals surface area contributed by atoms with Crippen molar-refractivity contribution in [1.29, 1.82) is 10.5 Å². The second-order valence-electron chi connectivity index (χ2n) is 9.94. The van der Waals surface area contributed by atoms with Crippen molar-refractivity contribution in [3.8, 4) is 12.1 Å². The van der Waals surface area contributed by atoms with Crippen LogP contribution in [-0.4, -0.2) is 45.3 Å². The maximum absolute atomic E-state index is 13.5. The summed E-state index contributed by atoms with van der Waals surface area (Å²) in [5, 5.41) is 52.1. The van der Waals surface area contributed by atoms with Gasteiger partial charge in [0.2, 0.25) is 5.82 Å². The summed E-state index contributed by atoms with van der Waals surface area (Å²) < 4.78 is 92.8. The molecule has 0 radical (unpaired) electrons. The molecule has 3 aromatic carbocycles. The normalized spacial score (nSPS) is 10.2. The standard InChI is InChI=1S/C13H13FN2O4.C8H7F2NO2.C8H8F2.C5H7NO2.HNO3.4H2/c1-3-8-5-9(14)6-10(12(8)16(18)19)11(7-15)13(17)20-4-2;1-2-5-3-6(9)4-7(10)8(5)11(12)13;1-2-6-3-7(9)5-8(10)4-6;1-2-8-5(7)3-4-6;2-1(3)4;;;;/h5-6,11H,3-4H2,1-2H3;3-4H,2H2,1H3;3-5H,2H2,1H3;2-3H2,1H3;(H,2,3,4);4*1H/i;;;;;2*1+1D;2*1+1. The van der Waals surface area contributed by atoms with E-state index in [-0.39, 0.29) is 45.4 Å². The van der Waals surface area contributed by atoms with Crippen LogP contribution in [0.2, 0.25) is 0 Å². The highest BCUT2D eigenvalue weighted by atomic mass is 19.1. The molecule has 0 saturated carbocycles.